The summed E-state index contributed by atoms with van der Waals surface area (Å²) in [6.07, 6.45) is 1.45. The van der Waals surface area contributed by atoms with Crippen LogP contribution in [-0.4, -0.2) is 24.2 Å². The van der Waals surface area contributed by atoms with Gasteiger partial charge in [-0.2, -0.15) is 0 Å². The lowest BCUT2D eigenvalue weighted by atomic mass is 10.1. The molecule has 0 aliphatic heterocycles. The van der Waals surface area contributed by atoms with Gasteiger partial charge in [0, 0.05) is 21.8 Å². The van der Waals surface area contributed by atoms with E-state index in [-0.39, 0.29) is 0 Å². The first-order valence-electron chi connectivity index (χ1n) is 7.25. The highest BCUT2D eigenvalue weighted by atomic mass is 35.5. The molecule has 1 aromatic heterocycles. The standard InChI is InChI=1S/C19H14ClNO3/c1-24-16-8-6-14(7-9-16)21-15(12-23)10-13(11-22)19(21)17-4-2-3-5-18(17)20/h2-12H,1H3. The molecule has 5 heteroatoms. The summed E-state index contributed by atoms with van der Waals surface area (Å²) >= 11 is 6.31. The van der Waals surface area contributed by atoms with Gasteiger partial charge in [0.05, 0.1) is 18.5 Å². The molecular formula is C19H14ClNO3. The van der Waals surface area contributed by atoms with Crippen molar-refractivity contribution in [3.63, 3.8) is 0 Å². The zero-order valence-electron chi connectivity index (χ0n) is 12.9. The van der Waals surface area contributed by atoms with E-state index in [1.165, 1.54) is 0 Å². The fraction of sp³-hybridized carbons (Fsp3) is 0.0526. The summed E-state index contributed by atoms with van der Waals surface area (Å²) in [5.41, 5.74) is 2.78. The average Bonchev–Trinajstić information content (AvgIpc) is 3.00. The lowest BCUT2D eigenvalue weighted by Crippen LogP contribution is -2.02. The Balaban J connectivity index is 2.31. The number of hydrogen-bond donors (Lipinski definition) is 0. The Bertz CT molecular complexity index is 897. The van der Waals surface area contributed by atoms with Gasteiger partial charge in [0.25, 0.3) is 0 Å². The maximum Gasteiger partial charge on any atom is 0.166 e. The molecule has 24 heavy (non-hydrogen) atoms. The summed E-state index contributed by atoms with van der Waals surface area (Å²) in [5, 5.41) is 0.505. The van der Waals surface area contributed by atoms with Crippen molar-refractivity contribution >= 4 is 24.2 Å². The molecule has 0 aliphatic rings. The summed E-state index contributed by atoms with van der Waals surface area (Å²) in [7, 11) is 1.58. The number of aromatic nitrogens is 1. The van der Waals surface area contributed by atoms with Crippen molar-refractivity contribution in [2.24, 2.45) is 0 Å². The molecule has 0 radical (unpaired) electrons. The smallest absolute Gasteiger partial charge is 0.166 e. The van der Waals surface area contributed by atoms with Gasteiger partial charge in [0.15, 0.2) is 12.6 Å². The maximum atomic E-state index is 11.5. The fourth-order valence-electron chi connectivity index (χ4n) is 2.67. The van der Waals surface area contributed by atoms with Crippen molar-refractivity contribution < 1.29 is 14.3 Å². The molecule has 3 aromatic rings. The molecule has 0 unspecified atom stereocenters. The van der Waals surface area contributed by atoms with Crippen molar-refractivity contribution in [1.82, 2.24) is 4.57 Å². The van der Waals surface area contributed by atoms with Gasteiger partial charge in [-0.3, -0.25) is 9.59 Å². The number of hydrogen-bond acceptors (Lipinski definition) is 3. The van der Waals surface area contributed by atoms with Crippen LogP contribution < -0.4 is 4.74 Å². The van der Waals surface area contributed by atoms with E-state index < -0.39 is 0 Å². The van der Waals surface area contributed by atoms with E-state index in [0.717, 1.165) is 18.3 Å². The van der Waals surface area contributed by atoms with Gasteiger partial charge >= 0.3 is 0 Å². The summed E-state index contributed by atoms with van der Waals surface area (Å²) < 4.78 is 6.89. The third-order valence-electron chi connectivity index (χ3n) is 3.77. The normalized spacial score (nSPS) is 10.4. The number of aldehydes is 2. The lowest BCUT2D eigenvalue weighted by Gasteiger charge is -2.14. The predicted octanol–water partition coefficient (Wildman–Crippen LogP) is 4.43. The minimum absolute atomic E-state index is 0.372. The second kappa shape index (κ2) is 6.72. The van der Waals surface area contributed by atoms with Crippen molar-refractivity contribution in [2.75, 3.05) is 7.11 Å². The van der Waals surface area contributed by atoms with Crippen LogP contribution in [0.1, 0.15) is 20.8 Å². The third-order valence-corrected chi connectivity index (χ3v) is 4.10. The molecular weight excluding hydrogens is 326 g/mol. The highest BCUT2D eigenvalue weighted by molar-refractivity contribution is 6.33. The second-order valence-electron chi connectivity index (χ2n) is 5.12. The molecule has 2 aromatic carbocycles. The molecule has 0 saturated heterocycles. The Hall–Kier alpha value is -2.85. The quantitative estimate of drug-likeness (QED) is 0.646. The highest BCUT2D eigenvalue weighted by Crippen LogP contribution is 2.34. The van der Waals surface area contributed by atoms with Crippen LogP contribution in [0.2, 0.25) is 5.02 Å². The van der Waals surface area contributed by atoms with Gasteiger partial charge < -0.3 is 9.30 Å². The van der Waals surface area contributed by atoms with Crippen molar-refractivity contribution in [3.8, 4) is 22.7 Å². The molecule has 1 heterocycles. The Labute approximate surface area is 144 Å². The summed E-state index contributed by atoms with van der Waals surface area (Å²) in [6.45, 7) is 0. The van der Waals surface area contributed by atoms with Crippen LogP contribution in [0.4, 0.5) is 0 Å². The minimum Gasteiger partial charge on any atom is -0.497 e. The molecule has 0 N–H and O–H groups in total. The Morgan fingerprint density at radius 3 is 2.29 bits per heavy atom. The summed E-state index contributed by atoms with van der Waals surface area (Å²) in [6, 6.07) is 16.0. The number of methoxy groups -OCH3 is 1. The Morgan fingerprint density at radius 2 is 1.71 bits per heavy atom. The number of rotatable bonds is 5. The van der Waals surface area contributed by atoms with Crippen LogP contribution in [0.25, 0.3) is 16.9 Å². The predicted molar refractivity (Wildman–Crippen MR) is 93.5 cm³/mol. The molecule has 0 saturated carbocycles. The first-order chi connectivity index (χ1) is 11.7. The van der Waals surface area contributed by atoms with Crippen molar-refractivity contribution in [1.29, 1.82) is 0 Å². The van der Waals surface area contributed by atoms with E-state index in [0.29, 0.717) is 33.3 Å². The van der Waals surface area contributed by atoms with E-state index in [1.54, 1.807) is 35.9 Å². The topological polar surface area (TPSA) is 48.3 Å². The Kier molecular flexibility index (Phi) is 4.49. The van der Waals surface area contributed by atoms with Crippen LogP contribution in [0, 0.1) is 0 Å². The minimum atomic E-state index is 0.372. The number of carbonyl (C=O) groups is 2. The number of halogens is 1. The van der Waals surface area contributed by atoms with Crippen LogP contribution in [0.15, 0.2) is 54.6 Å². The van der Waals surface area contributed by atoms with Crippen LogP contribution >= 0.6 is 11.6 Å². The number of benzene rings is 2. The van der Waals surface area contributed by atoms with Gasteiger partial charge in [-0.05, 0) is 36.4 Å². The molecule has 3 rings (SSSR count). The van der Waals surface area contributed by atoms with Gasteiger partial charge in [-0.1, -0.05) is 29.8 Å². The van der Waals surface area contributed by atoms with Gasteiger partial charge in [-0.25, -0.2) is 0 Å². The highest BCUT2D eigenvalue weighted by Gasteiger charge is 2.19. The van der Waals surface area contributed by atoms with Gasteiger partial charge in [0.2, 0.25) is 0 Å². The van der Waals surface area contributed by atoms with Crippen molar-refractivity contribution in [3.05, 3.63) is 70.9 Å². The third kappa shape index (κ3) is 2.72. The first kappa shape index (κ1) is 16.0. The molecule has 4 nitrogen and oxygen atoms in total. The lowest BCUT2D eigenvalue weighted by molar-refractivity contribution is 0.111. The van der Waals surface area contributed by atoms with Crippen LogP contribution in [-0.2, 0) is 0 Å². The molecule has 120 valence electrons. The van der Waals surface area contributed by atoms with E-state index in [4.69, 9.17) is 16.3 Å². The van der Waals surface area contributed by atoms with Crippen LogP contribution in [0.3, 0.4) is 0 Å². The Morgan fingerprint density at radius 1 is 1.00 bits per heavy atom. The van der Waals surface area contributed by atoms with E-state index in [1.807, 2.05) is 30.3 Å². The fourth-order valence-corrected chi connectivity index (χ4v) is 2.89. The molecule has 0 spiro atoms. The van der Waals surface area contributed by atoms with Gasteiger partial charge in [-0.15, -0.1) is 0 Å². The van der Waals surface area contributed by atoms with Crippen molar-refractivity contribution in [2.45, 2.75) is 0 Å². The first-order valence-corrected chi connectivity index (χ1v) is 7.62. The number of carbonyl (C=O) groups excluding carboxylic acids is 2. The number of nitrogens with zero attached hydrogens (tertiary/aromatic N) is 1. The molecule has 0 aliphatic carbocycles. The molecule has 0 atom stereocenters. The number of ether oxygens (including phenoxy) is 1. The molecule has 0 fully saturated rings. The molecule has 0 bridgehead atoms. The van der Waals surface area contributed by atoms with Crippen LogP contribution in [0.5, 0.6) is 5.75 Å². The van der Waals surface area contributed by atoms with Gasteiger partial charge in [0.1, 0.15) is 5.75 Å². The monoisotopic (exact) mass is 339 g/mol. The zero-order chi connectivity index (χ0) is 17.1. The van der Waals surface area contributed by atoms with E-state index >= 15 is 0 Å². The summed E-state index contributed by atoms with van der Waals surface area (Å²) in [4.78, 5) is 23.1. The maximum absolute atomic E-state index is 11.5. The second-order valence-corrected chi connectivity index (χ2v) is 5.53. The average molecular weight is 340 g/mol. The SMILES string of the molecule is COc1ccc(-n2c(C=O)cc(C=O)c2-c2ccccc2Cl)cc1. The van der Waals surface area contributed by atoms with E-state index in [2.05, 4.69) is 0 Å². The largest absolute Gasteiger partial charge is 0.497 e. The van der Waals surface area contributed by atoms with E-state index in [9.17, 15) is 9.59 Å². The zero-order valence-corrected chi connectivity index (χ0v) is 13.7. The molecule has 0 amide bonds. The summed E-state index contributed by atoms with van der Waals surface area (Å²) in [5.74, 6) is 0.702.